The molecule has 0 unspecified atom stereocenters. The summed E-state index contributed by atoms with van der Waals surface area (Å²) < 4.78 is 42.3. The number of halogens is 3. The molecule has 0 fully saturated rings. The molecule has 3 rings (SSSR count). The number of carbonyl (C=O) groups is 1. The maximum Gasteiger partial charge on any atom is 0.433 e. The third-order valence-electron chi connectivity index (χ3n) is 4.95. The third-order valence-corrected chi connectivity index (χ3v) is 4.95. The van der Waals surface area contributed by atoms with Crippen LogP contribution in [-0.4, -0.2) is 42.2 Å². The van der Waals surface area contributed by atoms with Gasteiger partial charge in [0, 0.05) is 37.1 Å². The summed E-state index contributed by atoms with van der Waals surface area (Å²) in [7, 11) is 3.40. The Balaban J connectivity index is 2.01. The fourth-order valence-electron chi connectivity index (χ4n) is 3.35. The predicted molar refractivity (Wildman–Crippen MR) is 95.9 cm³/mol. The van der Waals surface area contributed by atoms with E-state index in [1.54, 1.807) is 11.7 Å². The molecule has 0 saturated carbocycles. The van der Waals surface area contributed by atoms with E-state index in [4.69, 9.17) is 0 Å². The van der Waals surface area contributed by atoms with Crippen LogP contribution in [0.5, 0.6) is 0 Å². The molecule has 0 aliphatic carbocycles. The zero-order valence-corrected chi connectivity index (χ0v) is 16.5. The molecule has 0 radical (unpaired) electrons. The largest absolute Gasteiger partial charge is 0.433 e. The monoisotopic (exact) mass is 394 g/mol. The van der Waals surface area contributed by atoms with E-state index in [0.717, 1.165) is 23.0 Å². The first-order valence-electron chi connectivity index (χ1n) is 8.63. The number of nitrogens with zero attached hydrogens (tertiary/aromatic N) is 6. The van der Waals surface area contributed by atoms with Crippen LogP contribution in [0, 0.1) is 20.8 Å². The molecule has 3 aromatic heterocycles. The molecule has 0 spiro atoms. The summed E-state index contributed by atoms with van der Waals surface area (Å²) in [4.78, 5) is 18.4. The van der Waals surface area contributed by atoms with Crippen LogP contribution < -0.4 is 0 Å². The molecule has 0 bridgehead atoms. The molecule has 10 heteroatoms. The molecule has 0 aliphatic rings. The number of hydrogen-bond donors (Lipinski definition) is 0. The van der Waals surface area contributed by atoms with Gasteiger partial charge in [0.1, 0.15) is 5.69 Å². The van der Waals surface area contributed by atoms with Crippen LogP contribution >= 0.6 is 0 Å². The molecule has 28 heavy (non-hydrogen) atoms. The number of hydrogen-bond acceptors (Lipinski definition) is 4. The number of rotatable bonds is 3. The summed E-state index contributed by atoms with van der Waals surface area (Å²) in [5.41, 5.74) is 1.70. The number of aryl methyl sites for hydroxylation is 3. The van der Waals surface area contributed by atoms with E-state index in [2.05, 4.69) is 15.2 Å². The van der Waals surface area contributed by atoms with E-state index < -0.39 is 17.8 Å². The maximum absolute atomic E-state index is 13.3. The smallest absolute Gasteiger partial charge is 0.333 e. The second kappa shape index (κ2) is 6.61. The molecule has 0 N–H and O–H groups in total. The Kier molecular flexibility index (Phi) is 4.68. The lowest BCUT2D eigenvalue weighted by Crippen LogP contribution is -2.30. The zero-order valence-electron chi connectivity index (χ0n) is 16.5. The minimum atomic E-state index is -4.61. The van der Waals surface area contributed by atoms with Gasteiger partial charge in [0.2, 0.25) is 0 Å². The van der Waals surface area contributed by atoms with Gasteiger partial charge in [0.25, 0.3) is 5.91 Å². The summed E-state index contributed by atoms with van der Waals surface area (Å²) in [5.74, 6) is -0.494. The fraction of sp³-hybridized carbons (Fsp3) is 0.444. The van der Waals surface area contributed by atoms with Crippen LogP contribution in [-0.2, 0) is 13.2 Å². The lowest BCUT2D eigenvalue weighted by atomic mass is 10.1. The second-order valence-electron chi connectivity index (χ2n) is 6.88. The van der Waals surface area contributed by atoms with Gasteiger partial charge in [-0.2, -0.15) is 23.4 Å². The number of amides is 1. The highest BCUT2D eigenvalue weighted by molar-refractivity contribution is 5.93. The van der Waals surface area contributed by atoms with Crippen molar-refractivity contribution in [2.75, 3.05) is 7.05 Å². The predicted octanol–water partition coefficient (Wildman–Crippen LogP) is 3.24. The summed E-state index contributed by atoms with van der Waals surface area (Å²) in [6.45, 7) is 7.06. The lowest BCUT2D eigenvalue weighted by Gasteiger charge is -2.24. The van der Waals surface area contributed by atoms with Crippen molar-refractivity contribution in [1.82, 2.24) is 29.3 Å². The van der Waals surface area contributed by atoms with Crippen LogP contribution in [0.15, 0.2) is 12.1 Å². The van der Waals surface area contributed by atoms with Gasteiger partial charge in [-0.15, -0.1) is 0 Å². The Labute approximate surface area is 159 Å². The Bertz CT molecular complexity index is 1070. The highest BCUT2D eigenvalue weighted by atomic mass is 19.4. The first kappa shape index (κ1) is 19.8. The molecule has 0 saturated heterocycles. The maximum atomic E-state index is 13.3. The molecule has 3 aromatic rings. The average Bonchev–Trinajstić information content (AvgIpc) is 3.12. The highest BCUT2D eigenvalue weighted by Gasteiger charge is 2.35. The van der Waals surface area contributed by atoms with Crippen molar-refractivity contribution < 1.29 is 18.0 Å². The first-order chi connectivity index (χ1) is 12.9. The molecule has 1 atom stereocenters. The van der Waals surface area contributed by atoms with Crippen molar-refractivity contribution in [2.45, 2.75) is 39.9 Å². The van der Waals surface area contributed by atoms with Gasteiger partial charge < -0.3 is 4.90 Å². The fourth-order valence-corrected chi connectivity index (χ4v) is 3.35. The van der Waals surface area contributed by atoms with Gasteiger partial charge in [-0.05, 0) is 33.8 Å². The van der Waals surface area contributed by atoms with Crippen molar-refractivity contribution in [1.29, 1.82) is 0 Å². The number of fused-ring (bicyclic) bond motifs is 1. The number of alkyl halides is 3. The van der Waals surface area contributed by atoms with Crippen molar-refractivity contribution in [3.63, 3.8) is 0 Å². The van der Waals surface area contributed by atoms with Crippen molar-refractivity contribution >= 4 is 11.6 Å². The number of carbonyl (C=O) groups excluding carboxylic acids is 1. The topological polar surface area (TPSA) is 68.3 Å². The Morgan fingerprint density at radius 3 is 2.36 bits per heavy atom. The van der Waals surface area contributed by atoms with Crippen molar-refractivity contribution in [3.8, 4) is 0 Å². The van der Waals surface area contributed by atoms with Crippen LogP contribution in [0.1, 0.15) is 51.8 Å². The minimum Gasteiger partial charge on any atom is -0.333 e. The summed E-state index contributed by atoms with van der Waals surface area (Å²) in [6, 6.07) is 1.85. The van der Waals surface area contributed by atoms with Crippen LogP contribution in [0.3, 0.4) is 0 Å². The van der Waals surface area contributed by atoms with Crippen LogP contribution in [0.2, 0.25) is 0 Å². The summed E-state index contributed by atoms with van der Waals surface area (Å²) in [5, 5.41) is 8.24. The SMILES string of the molecule is Cc1cc(C(F)(F)F)n2nc(C(=O)N(C)[C@H](C)c3c(C)nn(C)c3C)cc2n1. The molecular weight excluding hydrogens is 373 g/mol. The Hall–Kier alpha value is -2.91. The second-order valence-corrected chi connectivity index (χ2v) is 6.88. The molecule has 0 aliphatic heterocycles. The third kappa shape index (κ3) is 3.23. The van der Waals surface area contributed by atoms with Gasteiger partial charge in [-0.1, -0.05) is 0 Å². The molecule has 7 nitrogen and oxygen atoms in total. The van der Waals surface area contributed by atoms with Crippen molar-refractivity contribution in [3.05, 3.63) is 46.2 Å². The van der Waals surface area contributed by atoms with E-state index in [9.17, 15) is 18.0 Å². The number of aromatic nitrogens is 5. The van der Waals surface area contributed by atoms with Gasteiger partial charge in [-0.25, -0.2) is 9.50 Å². The first-order valence-corrected chi connectivity index (χ1v) is 8.63. The lowest BCUT2D eigenvalue weighted by molar-refractivity contribution is -0.142. The van der Waals surface area contributed by atoms with Gasteiger partial charge >= 0.3 is 6.18 Å². The molecule has 150 valence electrons. The zero-order chi connectivity index (χ0) is 21.0. The van der Waals surface area contributed by atoms with E-state index in [-0.39, 0.29) is 23.1 Å². The van der Waals surface area contributed by atoms with Gasteiger partial charge in [0.05, 0.1) is 11.7 Å². The van der Waals surface area contributed by atoms with Crippen molar-refractivity contribution in [2.24, 2.45) is 7.05 Å². The van der Waals surface area contributed by atoms with Gasteiger partial charge in [0.15, 0.2) is 11.3 Å². The molecule has 1 amide bonds. The van der Waals surface area contributed by atoms with E-state index >= 15 is 0 Å². The quantitative estimate of drug-likeness (QED) is 0.684. The Morgan fingerprint density at radius 2 is 1.82 bits per heavy atom. The molecule has 3 heterocycles. The molecule has 0 aromatic carbocycles. The van der Waals surface area contributed by atoms with Crippen LogP contribution in [0.4, 0.5) is 13.2 Å². The van der Waals surface area contributed by atoms with Gasteiger partial charge in [-0.3, -0.25) is 9.48 Å². The summed E-state index contributed by atoms with van der Waals surface area (Å²) >= 11 is 0. The average molecular weight is 394 g/mol. The highest BCUT2D eigenvalue weighted by Crippen LogP contribution is 2.30. The summed E-state index contributed by atoms with van der Waals surface area (Å²) in [6.07, 6.45) is -4.61. The van der Waals surface area contributed by atoms with E-state index in [0.29, 0.717) is 4.52 Å². The minimum absolute atomic E-state index is 0.0227. The van der Waals surface area contributed by atoms with Crippen LogP contribution in [0.25, 0.3) is 5.65 Å². The van der Waals surface area contributed by atoms with E-state index in [1.807, 2.05) is 27.8 Å². The normalized spacial score (nSPS) is 13.2. The standard InChI is InChI=1S/C18H21F3N6O/c1-9-7-14(18(19,20)21)27-15(22-9)8-13(24-27)17(28)25(5)11(3)16-10(2)23-26(6)12(16)4/h7-8,11H,1-6H3/t11-/m1/s1. The van der Waals surface area contributed by atoms with E-state index in [1.165, 1.54) is 17.9 Å². The Morgan fingerprint density at radius 1 is 1.18 bits per heavy atom. The molecular formula is C18H21F3N6O.